The first-order valence-corrected chi connectivity index (χ1v) is 14.2. The summed E-state index contributed by atoms with van der Waals surface area (Å²) < 4.78 is 25.4. The third-order valence-corrected chi connectivity index (χ3v) is 7.94. The van der Waals surface area contributed by atoms with E-state index in [1.165, 1.54) is 24.3 Å². The molecule has 228 valence electrons. The van der Waals surface area contributed by atoms with Gasteiger partial charge in [0.2, 0.25) is 11.8 Å². The molecule has 2 amide bonds. The van der Waals surface area contributed by atoms with Crippen molar-refractivity contribution in [3.8, 4) is 22.8 Å². The zero-order valence-electron chi connectivity index (χ0n) is 24.4. The molecule has 2 aromatic carbocycles. The summed E-state index contributed by atoms with van der Waals surface area (Å²) in [6, 6.07) is 14.1. The number of halogens is 1. The van der Waals surface area contributed by atoms with Crippen molar-refractivity contribution in [3.63, 3.8) is 0 Å². The number of hydrogen-bond donors (Lipinski definition) is 3. The highest BCUT2D eigenvalue weighted by molar-refractivity contribution is 6.01. The van der Waals surface area contributed by atoms with Gasteiger partial charge < -0.3 is 26.0 Å². The molecular formula is C33H33FN4O6. The van der Waals surface area contributed by atoms with Crippen LogP contribution in [0.1, 0.15) is 61.1 Å². The number of pyridine rings is 2. The Morgan fingerprint density at radius 3 is 2.57 bits per heavy atom. The fraction of sp³-hybridized carbons (Fsp3) is 0.303. The number of aliphatic hydroxyl groups is 1. The number of nitrogens with two attached hydrogens (primary N) is 2. The number of carbonyl (C=O) groups excluding carboxylic acids is 3. The predicted molar refractivity (Wildman–Crippen MR) is 160 cm³/mol. The first-order valence-electron chi connectivity index (χ1n) is 14.2. The molecule has 1 aliphatic heterocycles. The number of benzene rings is 2. The van der Waals surface area contributed by atoms with Gasteiger partial charge in [0.1, 0.15) is 46.1 Å². The SMILES string of the molecule is C[C@](O)(CCC(=O)c1cc(OCCCC(N)=O)c2ncccc2c1)c1cc2c(c(-c3ccc(F)cc3)n1)OC[C@]2(C)C(N)=O. The lowest BCUT2D eigenvalue weighted by Gasteiger charge is -2.26. The van der Waals surface area contributed by atoms with Crippen molar-refractivity contribution < 1.29 is 33.4 Å². The summed E-state index contributed by atoms with van der Waals surface area (Å²) >= 11 is 0. The van der Waals surface area contributed by atoms with Crippen molar-refractivity contribution in [3.05, 3.63) is 83.4 Å². The Kier molecular flexibility index (Phi) is 8.33. The van der Waals surface area contributed by atoms with Crippen LogP contribution in [0.2, 0.25) is 0 Å². The molecule has 10 nitrogen and oxygen atoms in total. The Hall–Kier alpha value is -4.90. The van der Waals surface area contributed by atoms with E-state index in [1.54, 1.807) is 44.3 Å². The van der Waals surface area contributed by atoms with E-state index >= 15 is 0 Å². The number of primary amides is 2. The van der Waals surface area contributed by atoms with Crippen molar-refractivity contribution in [1.82, 2.24) is 9.97 Å². The van der Waals surface area contributed by atoms with Crippen LogP contribution < -0.4 is 20.9 Å². The first kappa shape index (κ1) is 30.6. The topological polar surface area (TPSA) is 168 Å². The maximum atomic E-state index is 13.7. The van der Waals surface area contributed by atoms with Gasteiger partial charge in [-0.15, -0.1) is 0 Å². The van der Waals surface area contributed by atoms with Crippen molar-refractivity contribution in [2.75, 3.05) is 13.2 Å². The number of Topliss-reactive ketones (excluding diaryl/α,β-unsaturated/α-hetero) is 1. The second kappa shape index (κ2) is 12.0. The number of ether oxygens (including phenoxy) is 2. The minimum absolute atomic E-state index is 0.00546. The van der Waals surface area contributed by atoms with E-state index in [1.807, 2.05) is 6.07 Å². The lowest BCUT2D eigenvalue weighted by atomic mass is 9.81. The number of nitrogens with zero attached hydrogens (tertiary/aromatic N) is 2. The van der Waals surface area contributed by atoms with Crippen LogP contribution in [0.25, 0.3) is 22.2 Å². The fourth-order valence-electron chi connectivity index (χ4n) is 5.15. The van der Waals surface area contributed by atoms with Crippen molar-refractivity contribution in [1.29, 1.82) is 0 Å². The van der Waals surface area contributed by atoms with Gasteiger partial charge in [0, 0.05) is 41.1 Å². The Morgan fingerprint density at radius 2 is 1.86 bits per heavy atom. The lowest BCUT2D eigenvalue weighted by Crippen LogP contribution is -2.40. The van der Waals surface area contributed by atoms with Crippen LogP contribution in [0.5, 0.6) is 11.5 Å². The Bertz CT molecular complexity index is 1760. The van der Waals surface area contributed by atoms with Gasteiger partial charge in [-0.1, -0.05) is 6.07 Å². The minimum atomic E-state index is -1.60. The summed E-state index contributed by atoms with van der Waals surface area (Å²) in [6.07, 6.45) is 2.15. The summed E-state index contributed by atoms with van der Waals surface area (Å²) in [6.45, 7) is 3.40. The molecule has 0 saturated heterocycles. The Balaban J connectivity index is 1.43. The largest absolute Gasteiger partial charge is 0.491 e. The van der Waals surface area contributed by atoms with Crippen molar-refractivity contribution in [2.45, 2.75) is 50.5 Å². The summed E-state index contributed by atoms with van der Waals surface area (Å²) in [5.41, 5.74) is 10.7. The molecule has 0 radical (unpaired) electrons. The molecule has 11 heteroatoms. The molecule has 0 spiro atoms. The number of ketones is 1. The summed E-state index contributed by atoms with van der Waals surface area (Å²) in [5, 5.41) is 12.3. The van der Waals surface area contributed by atoms with Crippen LogP contribution in [0.4, 0.5) is 4.39 Å². The van der Waals surface area contributed by atoms with Gasteiger partial charge in [0.15, 0.2) is 5.78 Å². The van der Waals surface area contributed by atoms with Gasteiger partial charge >= 0.3 is 0 Å². The standard InChI is InChI=1S/C33H33FN4O6/c1-32(31(36)41)18-44-30-23(32)17-26(38-29(30)19-7-9-22(34)10-8-19)33(2,42)12-11-24(39)21-15-20-5-3-13-37-28(20)25(16-21)43-14-4-6-27(35)40/h3,5,7-10,13,15-17,42H,4,6,11-12,14,18H2,1-2H3,(H2,35,40)(H2,36,41)/t32-,33-/m0/s1. The molecule has 0 unspecified atom stereocenters. The van der Waals surface area contributed by atoms with E-state index in [2.05, 4.69) is 9.97 Å². The van der Waals surface area contributed by atoms with Crippen molar-refractivity contribution >= 4 is 28.5 Å². The molecular weight excluding hydrogens is 567 g/mol. The van der Waals surface area contributed by atoms with E-state index in [-0.39, 0.29) is 44.0 Å². The maximum absolute atomic E-state index is 13.7. The van der Waals surface area contributed by atoms with Crippen LogP contribution in [0, 0.1) is 5.82 Å². The Labute approximate surface area is 253 Å². The molecule has 5 N–H and O–H groups in total. The summed E-state index contributed by atoms with van der Waals surface area (Å²) in [5.74, 6) is -0.977. The molecule has 0 bridgehead atoms. The number of aromatic nitrogens is 2. The molecule has 44 heavy (non-hydrogen) atoms. The molecule has 0 fully saturated rings. The molecule has 0 saturated carbocycles. The molecule has 1 aliphatic rings. The number of amides is 2. The van der Waals surface area contributed by atoms with Crippen LogP contribution in [-0.2, 0) is 20.6 Å². The number of hydrogen-bond acceptors (Lipinski definition) is 8. The molecule has 2 atom stereocenters. The van der Waals surface area contributed by atoms with Gasteiger partial charge in [-0.25, -0.2) is 9.37 Å². The normalized spacial score (nSPS) is 17.0. The highest BCUT2D eigenvalue weighted by Gasteiger charge is 2.45. The van der Waals surface area contributed by atoms with E-state index in [0.717, 1.165) is 0 Å². The quantitative estimate of drug-likeness (QED) is 0.161. The third kappa shape index (κ3) is 6.09. The molecule has 2 aromatic heterocycles. The zero-order valence-corrected chi connectivity index (χ0v) is 24.4. The molecule has 0 aliphatic carbocycles. The van der Waals surface area contributed by atoms with Gasteiger partial charge in [-0.2, -0.15) is 0 Å². The Morgan fingerprint density at radius 1 is 1.11 bits per heavy atom. The smallest absolute Gasteiger partial charge is 0.231 e. The number of fused-ring (bicyclic) bond motifs is 2. The maximum Gasteiger partial charge on any atom is 0.231 e. The summed E-state index contributed by atoms with van der Waals surface area (Å²) in [7, 11) is 0. The second-order valence-electron chi connectivity index (χ2n) is 11.4. The average Bonchev–Trinajstić information content (AvgIpc) is 3.35. The highest BCUT2D eigenvalue weighted by atomic mass is 19.1. The van der Waals surface area contributed by atoms with Gasteiger partial charge in [0.05, 0.1) is 12.3 Å². The van der Waals surface area contributed by atoms with Crippen LogP contribution in [0.3, 0.4) is 0 Å². The zero-order chi connectivity index (χ0) is 31.6. The monoisotopic (exact) mass is 600 g/mol. The van der Waals surface area contributed by atoms with E-state index < -0.39 is 28.6 Å². The van der Waals surface area contributed by atoms with Crippen molar-refractivity contribution in [2.24, 2.45) is 11.5 Å². The van der Waals surface area contributed by atoms with Gasteiger partial charge in [-0.05, 0) is 75.2 Å². The van der Waals surface area contributed by atoms with Gasteiger partial charge in [0.25, 0.3) is 0 Å². The molecule has 3 heterocycles. The van der Waals surface area contributed by atoms with Crippen LogP contribution in [-0.4, -0.2) is 45.9 Å². The minimum Gasteiger partial charge on any atom is -0.491 e. The van der Waals surface area contributed by atoms with Crippen LogP contribution in [0.15, 0.2) is 60.8 Å². The second-order valence-corrected chi connectivity index (χ2v) is 11.4. The first-order chi connectivity index (χ1) is 20.9. The van der Waals surface area contributed by atoms with E-state index in [0.29, 0.717) is 51.2 Å². The molecule has 5 rings (SSSR count). The number of rotatable bonds is 12. The van der Waals surface area contributed by atoms with Gasteiger partial charge in [-0.3, -0.25) is 19.4 Å². The van der Waals surface area contributed by atoms with E-state index in [4.69, 9.17) is 20.9 Å². The lowest BCUT2D eigenvalue weighted by molar-refractivity contribution is -0.123. The predicted octanol–water partition coefficient (Wildman–Crippen LogP) is 4.09. The highest BCUT2D eigenvalue weighted by Crippen LogP contribution is 2.46. The fourth-order valence-corrected chi connectivity index (χ4v) is 5.15. The molecule has 4 aromatic rings. The number of carbonyl (C=O) groups is 3. The third-order valence-electron chi connectivity index (χ3n) is 7.94. The van der Waals surface area contributed by atoms with E-state index in [9.17, 15) is 23.9 Å². The average molecular weight is 601 g/mol. The van der Waals surface area contributed by atoms with Crippen LogP contribution >= 0.6 is 0 Å². The summed E-state index contributed by atoms with van der Waals surface area (Å²) in [4.78, 5) is 46.1.